The Kier molecular flexibility index (Phi) is 4.96. The Morgan fingerprint density at radius 1 is 1.13 bits per heavy atom. The van der Waals surface area contributed by atoms with Gasteiger partial charge in [0.25, 0.3) is 0 Å². The van der Waals surface area contributed by atoms with Crippen molar-refractivity contribution in [3.63, 3.8) is 0 Å². The van der Waals surface area contributed by atoms with Crippen molar-refractivity contribution >= 4 is 22.9 Å². The van der Waals surface area contributed by atoms with Crippen LogP contribution in [0.5, 0.6) is 0 Å². The minimum absolute atomic E-state index is 0.00697. The zero-order chi connectivity index (χ0) is 21.3. The molecule has 5 rings (SSSR count). The number of esters is 1. The van der Waals surface area contributed by atoms with E-state index >= 15 is 0 Å². The van der Waals surface area contributed by atoms with Crippen molar-refractivity contribution in [1.29, 1.82) is 0 Å². The fourth-order valence-corrected chi connectivity index (χ4v) is 8.86. The predicted octanol–water partition coefficient (Wildman–Crippen LogP) is 4.66. The van der Waals surface area contributed by atoms with Gasteiger partial charge in [-0.1, -0.05) is 26.0 Å². The van der Waals surface area contributed by atoms with Crippen molar-refractivity contribution in [1.82, 2.24) is 0 Å². The zero-order valence-corrected chi connectivity index (χ0v) is 19.0. The molecule has 30 heavy (non-hydrogen) atoms. The summed E-state index contributed by atoms with van der Waals surface area (Å²) in [5.74, 6) is 0.649. The molecule has 1 aromatic rings. The highest BCUT2D eigenvalue weighted by molar-refractivity contribution is 7.11. The predicted molar refractivity (Wildman–Crippen MR) is 118 cm³/mol. The van der Waals surface area contributed by atoms with Crippen LogP contribution in [0.4, 0.5) is 0 Å². The quantitative estimate of drug-likeness (QED) is 0.670. The van der Waals surface area contributed by atoms with Gasteiger partial charge in [0.1, 0.15) is 6.10 Å². The Bertz CT molecular complexity index is 847. The minimum atomic E-state index is -0.747. The van der Waals surface area contributed by atoms with Gasteiger partial charge in [-0.3, -0.25) is 4.79 Å². The van der Waals surface area contributed by atoms with Gasteiger partial charge >= 0.3 is 5.97 Å². The Balaban J connectivity index is 1.45. The van der Waals surface area contributed by atoms with E-state index in [0.717, 1.165) is 32.1 Å². The first-order valence-electron chi connectivity index (χ1n) is 11.5. The SMILES string of the molecule is CC(=O)O[C@H]1CC[C@@]2(C)[C@H](C1)[C@@H](O)[C@H](O)[C@@H]1[C@@H]2CC[C@]2(C)C(c3cccs3)=CC[C@@H]12. The molecule has 0 aliphatic heterocycles. The van der Waals surface area contributed by atoms with Gasteiger partial charge in [0, 0.05) is 11.8 Å². The van der Waals surface area contributed by atoms with Gasteiger partial charge in [-0.25, -0.2) is 0 Å². The molecule has 0 bridgehead atoms. The van der Waals surface area contributed by atoms with Gasteiger partial charge in [-0.15, -0.1) is 11.3 Å². The second kappa shape index (κ2) is 7.18. The molecule has 0 radical (unpaired) electrons. The molecule has 1 aromatic heterocycles. The molecule has 0 aromatic carbocycles. The Morgan fingerprint density at radius 3 is 2.63 bits per heavy atom. The Hall–Kier alpha value is -1.17. The fourth-order valence-electron chi connectivity index (χ4n) is 7.95. The van der Waals surface area contributed by atoms with Crippen molar-refractivity contribution in [3.05, 3.63) is 28.5 Å². The number of aliphatic hydroxyl groups is 2. The second-order valence-electron chi connectivity index (χ2n) is 10.7. The highest BCUT2D eigenvalue weighted by Crippen LogP contribution is 2.67. The first-order chi connectivity index (χ1) is 14.3. The maximum Gasteiger partial charge on any atom is 0.302 e. The first-order valence-corrected chi connectivity index (χ1v) is 12.4. The van der Waals surface area contributed by atoms with E-state index < -0.39 is 12.2 Å². The van der Waals surface area contributed by atoms with Crippen LogP contribution in [0.2, 0.25) is 0 Å². The summed E-state index contributed by atoms with van der Waals surface area (Å²) in [5, 5.41) is 24.8. The molecule has 0 unspecified atom stereocenters. The third-order valence-electron chi connectivity index (χ3n) is 9.41. The molecular formula is C25H34O4S. The molecule has 4 aliphatic carbocycles. The van der Waals surface area contributed by atoms with Crippen LogP contribution in [0, 0.1) is 34.5 Å². The van der Waals surface area contributed by atoms with Crippen LogP contribution in [0.1, 0.15) is 64.2 Å². The lowest BCUT2D eigenvalue weighted by atomic mass is 9.43. The Labute approximate surface area is 183 Å². The number of carbonyl (C=O) groups is 1. The number of fused-ring (bicyclic) bond motifs is 5. The van der Waals surface area contributed by atoms with Gasteiger partial charge in [0.15, 0.2) is 0 Å². The summed E-state index contributed by atoms with van der Waals surface area (Å²) < 4.78 is 5.51. The number of allylic oxidation sites excluding steroid dienone is 2. The van der Waals surface area contributed by atoms with E-state index in [1.807, 2.05) is 0 Å². The molecule has 164 valence electrons. The van der Waals surface area contributed by atoms with E-state index in [1.165, 1.54) is 17.4 Å². The van der Waals surface area contributed by atoms with Gasteiger partial charge in [-0.05, 0) is 90.0 Å². The second-order valence-corrected chi connectivity index (χ2v) is 11.6. The molecule has 3 fully saturated rings. The van der Waals surface area contributed by atoms with Crippen LogP contribution in [-0.4, -0.2) is 34.5 Å². The lowest BCUT2D eigenvalue weighted by molar-refractivity contribution is -0.219. The molecule has 4 nitrogen and oxygen atoms in total. The molecular weight excluding hydrogens is 396 g/mol. The Morgan fingerprint density at radius 2 is 1.93 bits per heavy atom. The highest BCUT2D eigenvalue weighted by Gasteiger charge is 2.64. The van der Waals surface area contributed by atoms with Crippen molar-refractivity contribution in [2.75, 3.05) is 0 Å². The van der Waals surface area contributed by atoms with Crippen molar-refractivity contribution in [2.45, 2.75) is 77.6 Å². The molecule has 0 amide bonds. The van der Waals surface area contributed by atoms with Gasteiger partial charge in [-0.2, -0.15) is 0 Å². The molecule has 5 heteroatoms. The van der Waals surface area contributed by atoms with Crippen LogP contribution < -0.4 is 0 Å². The minimum Gasteiger partial charge on any atom is -0.463 e. The van der Waals surface area contributed by atoms with Crippen LogP contribution in [-0.2, 0) is 9.53 Å². The summed E-state index contributed by atoms with van der Waals surface area (Å²) in [4.78, 5) is 12.8. The van der Waals surface area contributed by atoms with Gasteiger partial charge in [0.2, 0.25) is 0 Å². The number of thiophene rings is 1. The lowest BCUT2D eigenvalue weighted by Crippen LogP contribution is -2.64. The average Bonchev–Trinajstić information content (AvgIpc) is 3.33. The first kappa shape index (κ1) is 20.7. The monoisotopic (exact) mass is 430 g/mol. The van der Waals surface area contributed by atoms with Crippen molar-refractivity contribution < 1.29 is 19.7 Å². The molecule has 2 N–H and O–H groups in total. The fraction of sp³-hybridized carbons (Fsp3) is 0.720. The number of carbonyl (C=O) groups excluding carboxylic acids is 1. The third-order valence-corrected chi connectivity index (χ3v) is 10.3. The summed E-state index contributed by atoms with van der Waals surface area (Å²) in [6.45, 7) is 6.17. The molecule has 0 saturated heterocycles. The maximum absolute atomic E-state index is 11.5. The van der Waals surface area contributed by atoms with E-state index in [-0.39, 0.29) is 34.7 Å². The molecule has 4 aliphatic rings. The smallest absolute Gasteiger partial charge is 0.302 e. The highest BCUT2D eigenvalue weighted by atomic mass is 32.1. The van der Waals surface area contributed by atoms with Crippen molar-refractivity contribution in [3.8, 4) is 0 Å². The van der Waals surface area contributed by atoms with E-state index in [0.29, 0.717) is 18.3 Å². The normalized spacial score (nSPS) is 47.6. The van der Waals surface area contributed by atoms with Crippen LogP contribution in [0.3, 0.4) is 0 Å². The third kappa shape index (κ3) is 2.88. The molecule has 1 heterocycles. The summed E-state index contributed by atoms with van der Waals surface area (Å²) in [6.07, 6.45) is 6.53. The molecule has 3 saturated carbocycles. The molecule has 9 atom stereocenters. The van der Waals surface area contributed by atoms with E-state index in [1.54, 1.807) is 11.3 Å². The number of ether oxygens (including phenoxy) is 1. The number of rotatable bonds is 2. The average molecular weight is 431 g/mol. The van der Waals surface area contributed by atoms with Crippen molar-refractivity contribution in [2.24, 2.45) is 34.5 Å². The van der Waals surface area contributed by atoms with E-state index in [9.17, 15) is 15.0 Å². The van der Waals surface area contributed by atoms with Gasteiger partial charge in [0.05, 0.1) is 12.2 Å². The van der Waals surface area contributed by atoms with Crippen LogP contribution in [0.15, 0.2) is 23.6 Å². The lowest BCUT2D eigenvalue weighted by Gasteiger charge is -2.63. The van der Waals surface area contributed by atoms with Crippen LogP contribution >= 0.6 is 11.3 Å². The van der Waals surface area contributed by atoms with E-state index in [2.05, 4.69) is 37.4 Å². The maximum atomic E-state index is 11.5. The van der Waals surface area contributed by atoms with E-state index in [4.69, 9.17) is 4.74 Å². The number of aliphatic hydroxyl groups excluding tert-OH is 2. The number of hydrogen-bond acceptors (Lipinski definition) is 5. The van der Waals surface area contributed by atoms with Crippen LogP contribution in [0.25, 0.3) is 5.57 Å². The molecule has 0 spiro atoms. The summed E-state index contributed by atoms with van der Waals surface area (Å²) >= 11 is 1.81. The summed E-state index contributed by atoms with van der Waals surface area (Å²) in [5.41, 5.74) is 1.52. The largest absolute Gasteiger partial charge is 0.463 e. The summed E-state index contributed by atoms with van der Waals surface area (Å²) in [6, 6.07) is 4.34. The van der Waals surface area contributed by atoms with Gasteiger partial charge < -0.3 is 14.9 Å². The zero-order valence-electron chi connectivity index (χ0n) is 18.2. The topological polar surface area (TPSA) is 66.8 Å². The standard InChI is InChI=1S/C25H34O4S/c1-14(26)29-15-8-10-25(3)18-9-11-24(2)16(20-5-4-12-30-20)6-7-17(24)21(18)23(28)22(27)19(25)13-15/h4-6,12,15,17-19,21-23,27-28H,7-11,13H2,1-3H3/t15-,17-,18-,19+,21-,22+,23+,24+,25+/m0/s1. The summed E-state index contributed by atoms with van der Waals surface area (Å²) in [7, 11) is 0. The number of hydrogen-bond donors (Lipinski definition) is 2.